The summed E-state index contributed by atoms with van der Waals surface area (Å²) < 4.78 is 18.6. The van der Waals surface area contributed by atoms with E-state index < -0.39 is 6.10 Å². The van der Waals surface area contributed by atoms with Gasteiger partial charge in [-0.05, 0) is 24.1 Å². The van der Waals surface area contributed by atoms with E-state index in [2.05, 4.69) is 15.1 Å². The molecule has 0 saturated carbocycles. The topological polar surface area (TPSA) is 62.4 Å². The number of aliphatic hydroxyl groups is 1. The van der Waals surface area contributed by atoms with Crippen LogP contribution < -0.4 is 0 Å². The number of aliphatic hydroxyl groups excluding tert-OH is 1. The first-order valence-electron chi connectivity index (χ1n) is 7.14. The van der Waals surface area contributed by atoms with Crippen molar-refractivity contribution in [3.05, 3.63) is 47.4 Å². The zero-order chi connectivity index (χ0) is 14.8. The van der Waals surface area contributed by atoms with Gasteiger partial charge in [-0.15, -0.1) is 10.2 Å². The van der Waals surface area contributed by atoms with Crippen LogP contribution in [0.25, 0.3) is 0 Å². The molecule has 2 atom stereocenters. The van der Waals surface area contributed by atoms with E-state index in [0.29, 0.717) is 37.7 Å². The molecule has 1 aliphatic heterocycles. The van der Waals surface area contributed by atoms with E-state index in [-0.39, 0.29) is 11.9 Å². The SMILES string of the molecule is CCc1nnc(CN2C[C@@H](O)C[C@H]2c2ccc(F)cc2)o1. The third kappa shape index (κ3) is 3.11. The molecule has 0 amide bonds. The van der Waals surface area contributed by atoms with Gasteiger partial charge >= 0.3 is 0 Å². The zero-order valence-corrected chi connectivity index (χ0v) is 11.9. The number of likely N-dealkylation sites (tertiary alicyclic amines) is 1. The van der Waals surface area contributed by atoms with Gasteiger partial charge in [-0.3, -0.25) is 4.90 Å². The first-order valence-corrected chi connectivity index (χ1v) is 7.14. The predicted octanol–water partition coefficient (Wildman–Crippen LogP) is 2.08. The molecule has 1 saturated heterocycles. The van der Waals surface area contributed by atoms with Crippen molar-refractivity contribution in [2.24, 2.45) is 0 Å². The highest BCUT2D eigenvalue weighted by Crippen LogP contribution is 2.33. The van der Waals surface area contributed by atoms with Crippen molar-refractivity contribution < 1.29 is 13.9 Å². The lowest BCUT2D eigenvalue weighted by molar-refractivity contribution is 0.167. The summed E-state index contributed by atoms with van der Waals surface area (Å²) >= 11 is 0. The Morgan fingerprint density at radius 2 is 2.00 bits per heavy atom. The minimum atomic E-state index is -0.395. The summed E-state index contributed by atoms with van der Waals surface area (Å²) in [6.07, 6.45) is 0.936. The Morgan fingerprint density at radius 1 is 1.29 bits per heavy atom. The van der Waals surface area contributed by atoms with Gasteiger partial charge in [0.15, 0.2) is 0 Å². The standard InChI is InChI=1S/C15H18FN3O2/c1-2-14-17-18-15(21-14)9-19-8-12(20)7-13(19)10-3-5-11(16)6-4-10/h3-6,12-13,20H,2,7-9H2,1H3/t12-,13-/m0/s1. The Balaban J connectivity index is 1.77. The van der Waals surface area contributed by atoms with Crippen molar-refractivity contribution in [1.82, 2.24) is 15.1 Å². The fourth-order valence-electron chi connectivity index (χ4n) is 2.75. The summed E-state index contributed by atoms with van der Waals surface area (Å²) in [5.41, 5.74) is 0.989. The first-order chi connectivity index (χ1) is 10.2. The summed E-state index contributed by atoms with van der Waals surface area (Å²) in [7, 11) is 0. The van der Waals surface area contributed by atoms with Gasteiger partial charge in [0, 0.05) is 19.0 Å². The quantitative estimate of drug-likeness (QED) is 0.934. The average molecular weight is 291 g/mol. The molecule has 0 bridgehead atoms. The number of rotatable bonds is 4. The van der Waals surface area contributed by atoms with Crippen LogP contribution in [0.5, 0.6) is 0 Å². The van der Waals surface area contributed by atoms with Crippen LogP contribution in [0.3, 0.4) is 0 Å². The summed E-state index contributed by atoms with van der Waals surface area (Å²) in [6.45, 7) is 3.00. The molecule has 1 fully saturated rings. The summed E-state index contributed by atoms with van der Waals surface area (Å²) in [5, 5.41) is 17.9. The molecule has 6 heteroatoms. The van der Waals surface area contributed by atoms with Crippen molar-refractivity contribution in [2.45, 2.75) is 38.5 Å². The minimum absolute atomic E-state index is 0.0394. The summed E-state index contributed by atoms with van der Waals surface area (Å²) in [6, 6.07) is 6.45. The van der Waals surface area contributed by atoms with E-state index in [4.69, 9.17) is 4.42 Å². The molecule has 1 N–H and O–H groups in total. The Kier molecular flexibility index (Phi) is 3.98. The Morgan fingerprint density at radius 3 is 2.67 bits per heavy atom. The number of hydrogen-bond donors (Lipinski definition) is 1. The molecule has 0 aliphatic carbocycles. The summed E-state index contributed by atoms with van der Waals surface area (Å²) in [5.74, 6) is 0.907. The summed E-state index contributed by atoms with van der Waals surface area (Å²) in [4.78, 5) is 2.09. The third-order valence-electron chi connectivity index (χ3n) is 3.79. The molecule has 112 valence electrons. The van der Waals surface area contributed by atoms with Crippen LogP contribution in [0.4, 0.5) is 4.39 Å². The van der Waals surface area contributed by atoms with Crippen LogP contribution in [-0.4, -0.2) is 32.9 Å². The average Bonchev–Trinajstić information content (AvgIpc) is 3.07. The van der Waals surface area contributed by atoms with Crippen molar-refractivity contribution >= 4 is 0 Å². The third-order valence-corrected chi connectivity index (χ3v) is 3.79. The number of nitrogens with zero attached hydrogens (tertiary/aromatic N) is 3. The number of halogens is 1. The van der Waals surface area contributed by atoms with Crippen molar-refractivity contribution in [2.75, 3.05) is 6.54 Å². The molecule has 0 spiro atoms. The smallest absolute Gasteiger partial charge is 0.230 e. The van der Waals surface area contributed by atoms with Crippen molar-refractivity contribution in [3.63, 3.8) is 0 Å². The minimum Gasteiger partial charge on any atom is -0.424 e. The molecule has 0 radical (unpaired) electrons. The van der Waals surface area contributed by atoms with E-state index >= 15 is 0 Å². The van der Waals surface area contributed by atoms with Gasteiger partial charge < -0.3 is 9.52 Å². The van der Waals surface area contributed by atoms with Crippen LogP contribution in [0, 0.1) is 5.82 Å². The van der Waals surface area contributed by atoms with Gasteiger partial charge in [0.1, 0.15) is 5.82 Å². The lowest BCUT2D eigenvalue weighted by Crippen LogP contribution is -2.24. The second-order valence-electron chi connectivity index (χ2n) is 5.33. The maximum Gasteiger partial charge on any atom is 0.230 e. The van der Waals surface area contributed by atoms with Crippen LogP contribution in [0.2, 0.25) is 0 Å². The number of aromatic nitrogens is 2. The maximum atomic E-state index is 13.0. The van der Waals surface area contributed by atoms with E-state index in [9.17, 15) is 9.50 Å². The van der Waals surface area contributed by atoms with E-state index in [0.717, 1.165) is 5.56 Å². The van der Waals surface area contributed by atoms with E-state index in [1.165, 1.54) is 12.1 Å². The number of benzene rings is 1. The van der Waals surface area contributed by atoms with Crippen LogP contribution >= 0.6 is 0 Å². The molecule has 1 aromatic heterocycles. The van der Waals surface area contributed by atoms with Crippen LogP contribution in [0.15, 0.2) is 28.7 Å². The highest BCUT2D eigenvalue weighted by atomic mass is 19.1. The van der Waals surface area contributed by atoms with Gasteiger partial charge in [-0.25, -0.2) is 4.39 Å². The van der Waals surface area contributed by atoms with Gasteiger partial charge in [0.05, 0.1) is 12.6 Å². The fraction of sp³-hybridized carbons (Fsp3) is 0.467. The number of aryl methyl sites for hydroxylation is 1. The molecule has 2 heterocycles. The fourth-order valence-corrected chi connectivity index (χ4v) is 2.75. The maximum absolute atomic E-state index is 13.0. The Labute approximate surface area is 122 Å². The molecule has 1 aromatic carbocycles. The number of hydrogen-bond acceptors (Lipinski definition) is 5. The molecule has 0 unspecified atom stereocenters. The molecule has 2 aromatic rings. The van der Waals surface area contributed by atoms with Crippen LogP contribution in [-0.2, 0) is 13.0 Å². The lowest BCUT2D eigenvalue weighted by Gasteiger charge is -2.22. The molecular formula is C15H18FN3O2. The zero-order valence-electron chi connectivity index (χ0n) is 11.9. The van der Waals surface area contributed by atoms with Crippen molar-refractivity contribution in [1.29, 1.82) is 0 Å². The predicted molar refractivity (Wildman–Crippen MR) is 73.9 cm³/mol. The monoisotopic (exact) mass is 291 g/mol. The first kappa shape index (κ1) is 14.2. The highest BCUT2D eigenvalue weighted by molar-refractivity contribution is 5.21. The largest absolute Gasteiger partial charge is 0.424 e. The van der Waals surface area contributed by atoms with Gasteiger partial charge in [0.2, 0.25) is 11.8 Å². The Hall–Kier alpha value is -1.79. The van der Waals surface area contributed by atoms with E-state index in [1.807, 2.05) is 6.92 Å². The molecule has 1 aliphatic rings. The van der Waals surface area contributed by atoms with Crippen molar-refractivity contribution in [3.8, 4) is 0 Å². The number of β-amino-alcohol motifs (C(OH)–C–C–N with tert-alkyl or cyclic N) is 1. The Bertz CT molecular complexity index is 599. The molecule has 21 heavy (non-hydrogen) atoms. The normalized spacial score (nSPS) is 22.8. The lowest BCUT2D eigenvalue weighted by atomic mass is 10.0. The molecule has 5 nitrogen and oxygen atoms in total. The van der Waals surface area contributed by atoms with Gasteiger partial charge in [-0.1, -0.05) is 19.1 Å². The van der Waals surface area contributed by atoms with Gasteiger partial charge in [0.25, 0.3) is 0 Å². The van der Waals surface area contributed by atoms with E-state index in [1.54, 1.807) is 12.1 Å². The second-order valence-corrected chi connectivity index (χ2v) is 5.33. The van der Waals surface area contributed by atoms with Crippen LogP contribution in [0.1, 0.15) is 36.7 Å². The van der Waals surface area contributed by atoms with Gasteiger partial charge in [-0.2, -0.15) is 0 Å². The highest BCUT2D eigenvalue weighted by Gasteiger charge is 2.33. The molecular weight excluding hydrogens is 273 g/mol. The molecule has 3 rings (SSSR count). The second kappa shape index (κ2) is 5.91.